The van der Waals surface area contributed by atoms with Gasteiger partial charge in [-0.1, -0.05) is 24.3 Å². The molecule has 1 saturated carbocycles. The first-order valence-electron chi connectivity index (χ1n) is 13.8. The molecular weight excluding hydrogens is 550 g/mol. The molecule has 6 rings (SSSR count). The third-order valence-corrected chi connectivity index (χ3v) is 7.55. The number of Topliss-reactive ketones (excluding diaryl/α,β-unsaturated/α-hetero) is 1. The predicted molar refractivity (Wildman–Crippen MR) is 149 cm³/mol. The van der Waals surface area contributed by atoms with Crippen LogP contribution in [0.4, 0.5) is 35.1 Å². The topological polar surface area (TPSA) is 90.0 Å². The SMILES string of the molecule is O=C(Cc1ccc(CN2CCN(c3nccc(Nc4cc(C5CC5)[nH]n4)n3)CC2)cc1)c1ccc(F)cc1C(F)(F)F. The van der Waals surface area contributed by atoms with E-state index in [1.54, 1.807) is 18.3 Å². The Bertz CT molecular complexity index is 1560. The zero-order valence-electron chi connectivity index (χ0n) is 22.7. The van der Waals surface area contributed by atoms with Crippen LogP contribution in [0, 0.1) is 5.82 Å². The Balaban J connectivity index is 1.01. The van der Waals surface area contributed by atoms with Crippen molar-refractivity contribution in [2.45, 2.75) is 37.9 Å². The number of anilines is 3. The van der Waals surface area contributed by atoms with E-state index in [4.69, 9.17) is 0 Å². The quantitative estimate of drug-likeness (QED) is 0.194. The number of aromatic amines is 1. The highest BCUT2D eigenvalue weighted by Gasteiger charge is 2.35. The summed E-state index contributed by atoms with van der Waals surface area (Å²) in [6.07, 6.45) is -0.884. The predicted octanol–water partition coefficient (Wildman–Crippen LogP) is 5.73. The van der Waals surface area contributed by atoms with Gasteiger partial charge in [0.1, 0.15) is 11.6 Å². The number of hydrogen-bond donors (Lipinski definition) is 2. The molecule has 3 heterocycles. The van der Waals surface area contributed by atoms with Crippen molar-refractivity contribution in [1.82, 2.24) is 25.1 Å². The van der Waals surface area contributed by atoms with Gasteiger partial charge in [-0.2, -0.15) is 23.3 Å². The summed E-state index contributed by atoms with van der Waals surface area (Å²) < 4.78 is 53.3. The van der Waals surface area contributed by atoms with Crippen molar-refractivity contribution in [2.75, 3.05) is 36.4 Å². The van der Waals surface area contributed by atoms with Crippen molar-refractivity contribution in [2.24, 2.45) is 0 Å². The molecule has 0 spiro atoms. The molecule has 218 valence electrons. The standard InChI is InChI=1S/C30H29F4N7O/c31-22-7-8-23(24(16-22)30(32,33)34)26(42)15-19-1-3-20(4-2-19)18-40-11-13-41(14-12-40)29-35-10-9-27(37-29)36-28-17-25(38-39-28)21-5-6-21/h1-4,7-10,16-17,21H,5-6,11-15,18H2,(H2,35,36,37,38,39). The van der Waals surface area contributed by atoms with Gasteiger partial charge in [-0.05, 0) is 48.2 Å². The highest BCUT2D eigenvalue weighted by Crippen LogP contribution is 2.39. The molecule has 42 heavy (non-hydrogen) atoms. The summed E-state index contributed by atoms with van der Waals surface area (Å²) in [7, 11) is 0. The number of piperazine rings is 1. The van der Waals surface area contributed by atoms with E-state index in [1.165, 1.54) is 12.8 Å². The van der Waals surface area contributed by atoms with Gasteiger partial charge in [-0.15, -0.1) is 0 Å². The van der Waals surface area contributed by atoms with Gasteiger partial charge in [-0.3, -0.25) is 14.8 Å². The van der Waals surface area contributed by atoms with Crippen LogP contribution in [0.3, 0.4) is 0 Å². The van der Waals surface area contributed by atoms with Gasteiger partial charge in [0.25, 0.3) is 0 Å². The molecule has 0 atom stereocenters. The number of nitrogens with zero attached hydrogens (tertiary/aromatic N) is 5. The maximum Gasteiger partial charge on any atom is 0.417 e. The summed E-state index contributed by atoms with van der Waals surface area (Å²) in [4.78, 5) is 26.2. The molecule has 1 aliphatic heterocycles. The van der Waals surface area contributed by atoms with Gasteiger partial charge in [0.2, 0.25) is 5.95 Å². The van der Waals surface area contributed by atoms with Crippen LogP contribution in [0.5, 0.6) is 0 Å². The molecule has 4 aromatic rings. The fraction of sp³-hybridized carbons (Fsp3) is 0.333. The van der Waals surface area contributed by atoms with E-state index in [0.29, 0.717) is 35.9 Å². The molecule has 12 heteroatoms. The van der Waals surface area contributed by atoms with Crippen LogP contribution < -0.4 is 10.2 Å². The number of alkyl halides is 3. The smallest absolute Gasteiger partial charge is 0.338 e. The molecule has 8 nitrogen and oxygen atoms in total. The molecule has 0 unspecified atom stereocenters. The molecule has 1 aliphatic carbocycles. The maximum atomic E-state index is 13.4. The zero-order chi connectivity index (χ0) is 29.3. The number of aromatic nitrogens is 4. The number of halogens is 4. The van der Waals surface area contributed by atoms with Crippen LogP contribution in [0.1, 0.15) is 51.5 Å². The number of benzene rings is 2. The Kier molecular flexibility index (Phi) is 7.63. The largest absolute Gasteiger partial charge is 0.417 e. The Morgan fingerprint density at radius 3 is 2.40 bits per heavy atom. The van der Waals surface area contributed by atoms with Crippen LogP contribution in [-0.2, 0) is 19.1 Å². The summed E-state index contributed by atoms with van der Waals surface area (Å²) in [5, 5.41) is 10.7. The van der Waals surface area contributed by atoms with E-state index < -0.39 is 28.9 Å². The van der Waals surface area contributed by atoms with Gasteiger partial charge in [-0.25, -0.2) is 9.37 Å². The fourth-order valence-electron chi connectivity index (χ4n) is 5.11. The zero-order valence-corrected chi connectivity index (χ0v) is 22.7. The minimum absolute atomic E-state index is 0.205. The molecule has 0 radical (unpaired) electrons. The number of rotatable bonds is 9. The summed E-state index contributed by atoms with van der Waals surface area (Å²) in [5.74, 6) is 0.929. The first kappa shape index (κ1) is 27.8. The molecule has 0 bridgehead atoms. The molecule has 2 N–H and O–H groups in total. The maximum absolute atomic E-state index is 13.4. The van der Waals surface area contributed by atoms with E-state index >= 15 is 0 Å². The monoisotopic (exact) mass is 579 g/mol. The molecule has 2 aromatic heterocycles. The van der Waals surface area contributed by atoms with Crippen molar-refractivity contribution in [3.05, 3.63) is 94.6 Å². The summed E-state index contributed by atoms with van der Waals surface area (Å²) in [6.45, 7) is 3.81. The van der Waals surface area contributed by atoms with Crippen LogP contribution >= 0.6 is 0 Å². The van der Waals surface area contributed by atoms with Crippen molar-refractivity contribution in [3.8, 4) is 0 Å². The number of nitrogens with one attached hydrogen (secondary N) is 2. The summed E-state index contributed by atoms with van der Waals surface area (Å²) >= 11 is 0. The number of hydrogen-bond acceptors (Lipinski definition) is 7. The molecule has 0 amide bonds. The highest BCUT2D eigenvalue weighted by molar-refractivity contribution is 5.99. The lowest BCUT2D eigenvalue weighted by molar-refractivity contribution is -0.138. The van der Waals surface area contributed by atoms with E-state index in [-0.39, 0.29) is 6.42 Å². The van der Waals surface area contributed by atoms with Gasteiger partial charge >= 0.3 is 6.18 Å². The number of ketones is 1. The summed E-state index contributed by atoms with van der Waals surface area (Å²) in [5.41, 5.74) is 0.993. The average molecular weight is 580 g/mol. The van der Waals surface area contributed by atoms with Crippen LogP contribution in [0.2, 0.25) is 0 Å². The minimum atomic E-state index is -4.81. The Labute approximate surface area is 239 Å². The molecular formula is C30H29F4N7O. The van der Waals surface area contributed by atoms with E-state index in [9.17, 15) is 22.4 Å². The second kappa shape index (κ2) is 11.5. The van der Waals surface area contributed by atoms with Crippen LogP contribution in [-0.4, -0.2) is 57.0 Å². The summed E-state index contributed by atoms with van der Waals surface area (Å²) in [6, 6.07) is 13.2. The Hall–Kier alpha value is -4.32. The second-order valence-corrected chi connectivity index (χ2v) is 10.7. The number of carbonyl (C=O) groups is 1. The lowest BCUT2D eigenvalue weighted by atomic mass is 9.97. The first-order valence-corrected chi connectivity index (χ1v) is 13.8. The molecule has 2 fully saturated rings. The van der Waals surface area contributed by atoms with Crippen molar-refractivity contribution >= 4 is 23.4 Å². The van der Waals surface area contributed by atoms with Gasteiger partial charge in [0.15, 0.2) is 11.6 Å². The molecule has 2 aliphatic rings. The van der Waals surface area contributed by atoms with Crippen molar-refractivity contribution in [1.29, 1.82) is 0 Å². The molecule has 1 saturated heterocycles. The Morgan fingerprint density at radius 1 is 0.952 bits per heavy atom. The third-order valence-electron chi connectivity index (χ3n) is 7.55. The van der Waals surface area contributed by atoms with Crippen LogP contribution in [0.25, 0.3) is 0 Å². The lowest BCUT2D eigenvalue weighted by Crippen LogP contribution is -2.46. The molecule has 2 aromatic carbocycles. The van der Waals surface area contributed by atoms with Crippen molar-refractivity contribution < 1.29 is 22.4 Å². The van der Waals surface area contributed by atoms with E-state index in [0.717, 1.165) is 55.4 Å². The lowest BCUT2D eigenvalue weighted by Gasteiger charge is -2.34. The second-order valence-electron chi connectivity index (χ2n) is 10.7. The van der Waals surface area contributed by atoms with Gasteiger partial charge < -0.3 is 10.2 Å². The van der Waals surface area contributed by atoms with Gasteiger partial charge in [0, 0.05) is 68.6 Å². The van der Waals surface area contributed by atoms with Crippen LogP contribution in [0.15, 0.2) is 60.8 Å². The number of carbonyl (C=O) groups excluding carboxylic acids is 1. The Morgan fingerprint density at radius 2 is 1.69 bits per heavy atom. The highest BCUT2D eigenvalue weighted by atomic mass is 19.4. The normalized spacial score (nSPS) is 16.0. The average Bonchev–Trinajstić information content (AvgIpc) is 3.72. The van der Waals surface area contributed by atoms with E-state index in [1.807, 2.05) is 24.3 Å². The third kappa shape index (κ3) is 6.59. The van der Waals surface area contributed by atoms with Gasteiger partial charge in [0.05, 0.1) is 5.56 Å². The first-order chi connectivity index (χ1) is 20.2. The van der Waals surface area contributed by atoms with E-state index in [2.05, 4.69) is 35.3 Å². The fourth-order valence-corrected chi connectivity index (χ4v) is 5.11. The minimum Gasteiger partial charge on any atom is -0.338 e. The number of H-pyrrole nitrogens is 1. The van der Waals surface area contributed by atoms with Crippen molar-refractivity contribution in [3.63, 3.8) is 0 Å².